The lowest BCUT2D eigenvalue weighted by Crippen LogP contribution is -2.46. The van der Waals surface area contributed by atoms with Crippen molar-refractivity contribution < 1.29 is 9.28 Å². The number of nitrogens with zero attached hydrogens (tertiary/aromatic N) is 1. The van der Waals surface area contributed by atoms with Crippen molar-refractivity contribution in [2.24, 2.45) is 5.73 Å². The molecule has 1 rings (SSSR count). The van der Waals surface area contributed by atoms with Crippen molar-refractivity contribution in [3.8, 4) is 0 Å². The zero-order chi connectivity index (χ0) is 9.90. The summed E-state index contributed by atoms with van der Waals surface area (Å²) in [6, 6.07) is 0. The molecule has 0 aliphatic carbocycles. The molecule has 0 bridgehead atoms. The van der Waals surface area contributed by atoms with E-state index in [9.17, 15) is 4.79 Å². The highest BCUT2D eigenvalue weighted by molar-refractivity contribution is 5.92. The lowest BCUT2D eigenvalue weighted by Gasteiger charge is -2.34. The standard InChI is InChI=1S/C10H16N2O/c1-3-12(4-2)7-5-6-9(8-12)10(11)13/h5-7H,3-4,8H2,1-2H3,(H-,11,13)/p+1. The van der Waals surface area contributed by atoms with E-state index in [0.717, 1.165) is 29.7 Å². The molecule has 1 amide bonds. The number of likely N-dealkylation sites (N-methyl/N-ethyl adjacent to an activating group) is 1. The zero-order valence-electron chi connectivity index (χ0n) is 8.29. The van der Waals surface area contributed by atoms with Crippen LogP contribution in [-0.2, 0) is 4.79 Å². The predicted molar refractivity (Wildman–Crippen MR) is 52.6 cm³/mol. The summed E-state index contributed by atoms with van der Waals surface area (Å²) in [6.45, 7) is 6.98. The summed E-state index contributed by atoms with van der Waals surface area (Å²) in [5.41, 5.74) is 5.97. The number of nitrogens with two attached hydrogens (primary N) is 1. The first-order valence-corrected chi connectivity index (χ1v) is 4.67. The van der Waals surface area contributed by atoms with Crippen LogP contribution in [0.25, 0.3) is 0 Å². The minimum atomic E-state index is -0.297. The van der Waals surface area contributed by atoms with E-state index >= 15 is 0 Å². The predicted octanol–water partition coefficient (Wildman–Crippen LogP) is 0.782. The van der Waals surface area contributed by atoms with Crippen LogP contribution in [0.4, 0.5) is 0 Å². The normalized spacial score (nSPS) is 19.7. The Hall–Kier alpha value is -1.09. The van der Waals surface area contributed by atoms with Crippen LogP contribution in [0.2, 0.25) is 0 Å². The van der Waals surface area contributed by atoms with Gasteiger partial charge in [0, 0.05) is 0 Å². The number of quaternary nitrogens is 1. The highest BCUT2D eigenvalue weighted by atomic mass is 16.1. The Balaban J connectivity index is 2.84. The van der Waals surface area contributed by atoms with Gasteiger partial charge in [0.05, 0.1) is 24.9 Å². The summed E-state index contributed by atoms with van der Waals surface area (Å²) >= 11 is 0. The van der Waals surface area contributed by atoms with E-state index in [4.69, 9.17) is 5.73 Å². The van der Waals surface area contributed by atoms with Gasteiger partial charge in [-0.1, -0.05) is 0 Å². The van der Waals surface area contributed by atoms with E-state index in [2.05, 4.69) is 20.0 Å². The van der Waals surface area contributed by atoms with Crippen molar-refractivity contribution in [3.05, 3.63) is 23.9 Å². The average Bonchev–Trinajstić information content (AvgIpc) is 2.18. The monoisotopic (exact) mass is 181 g/mol. The lowest BCUT2D eigenvalue weighted by molar-refractivity contribution is -0.871. The molecule has 13 heavy (non-hydrogen) atoms. The van der Waals surface area contributed by atoms with Gasteiger partial charge < -0.3 is 5.73 Å². The minimum Gasteiger partial charge on any atom is -0.366 e. The first kappa shape index (κ1) is 9.99. The summed E-state index contributed by atoms with van der Waals surface area (Å²) in [5, 5.41) is 0. The Bertz CT molecular complexity index is 262. The summed E-state index contributed by atoms with van der Waals surface area (Å²) in [6.07, 6.45) is 5.87. The molecule has 0 aromatic heterocycles. The second kappa shape index (κ2) is 3.75. The van der Waals surface area contributed by atoms with Gasteiger partial charge in [-0.2, -0.15) is 0 Å². The van der Waals surface area contributed by atoms with Crippen molar-refractivity contribution >= 4 is 5.91 Å². The number of allylic oxidation sites excluding steroid dienone is 2. The van der Waals surface area contributed by atoms with Crippen LogP contribution in [-0.4, -0.2) is 30.0 Å². The molecule has 0 fully saturated rings. The molecular formula is C10H17N2O+. The molecule has 0 saturated heterocycles. The summed E-state index contributed by atoms with van der Waals surface area (Å²) < 4.78 is 0.828. The Morgan fingerprint density at radius 1 is 1.54 bits per heavy atom. The molecule has 1 heterocycles. The van der Waals surface area contributed by atoms with Crippen LogP contribution in [0.3, 0.4) is 0 Å². The van der Waals surface area contributed by atoms with Gasteiger partial charge in [-0.25, -0.2) is 0 Å². The van der Waals surface area contributed by atoms with E-state index in [1.165, 1.54) is 0 Å². The van der Waals surface area contributed by atoms with Crippen molar-refractivity contribution in [3.63, 3.8) is 0 Å². The molecule has 2 N–H and O–H groups in total. The number of carbonyl (C=O) groups is 1. The van der Waals surface area contributed by atoms with Crippen molar-refractivity contribution in [2.45, 2.75) is 13.8 Å². The SMILES string of the molecule is CC[N+]1(CC)C=CC=C(C(N)=O)C1. The van der Waals surface area contributed by atoms with Crippen LogP contribution in [0.5, 0.6) is 0 Å². The van der Waals surface area contributed by atoms with Crippen LogP contribution in [0.1, 0.15) is 13.8 Å². The summed E-state index contributed by atoms with van der Waals surface area (Å²) in [5.74, 6) is -0.297. The largest absolute Gasteiger partial charge is 0.366 e. The molecule has 0 aromatic rings. The maximum Gasteiger partial charge on any atom is 0.250 e. The van der Waals surface area contributed by atoms with Crippen LogP contribution in [0, 0.1) is 0 Å². The van der Waals surface area contributed by atoms with Gasteiger partial charge in [0.2, 0.25) is 5.91 Å². The smallest absolute Gasteiger partial charge is 0.250 e. The number of hydrogen-bond donors (Lipinski definition) is 1. The molecule has 1 aliphatic rings. The van der Waals surface area contributed by atoms with Crippen molar-refractivity contribution in [2.75, 3.05) is 19.6 Å². The Kier molecular flexibility index (Phi) is 2.88. The Morgan fingerprint density at radius 2 is 2.15 bits per heavy atom. The van der Waals surface area contributed by atoms with Gasteiger partial charge >= 0.3 is 0 Å². The van der Waals surface area contributed by atoms with E-state index in [0.29, 0.717) is 0 Å². The molecule has 3 nitrogen and oxygen atoms in total. The third-order valence-corrected chi connectivity index (χ3v) is 2.76. The van der Waals surface area contributed by atoms with Gasteiger partial charge in [-0.15, -0.1) is 0 Å². The minimum absolute atomic E-state index is 0.297. The second-order valence-corrected chi connectivity index (χ2v) is 3.41. The number of amides is 1. The molecule has 72 valence electrons. The van der Waals surface area contributed by atoms with Crippen LogP contribution >= 0.6 is 0 Å². The molecule has 0 radical (unpaired) electrons. The topological polar surface area (TPSA) is 43.1 Å². The molecule has 0 atom stereocenters. The molecule has 3 heteroatoms. The van der Waals surface area contributed by atoms with E-state index < -0.39 is 0 Å². The number of primary amides is 1. The first-order chi connectivity index (χ1) is 6.13. The Labute approximate surface area is 79.1 Å². The van der Waals surface area contributed by atoms with E-state index in [-0.39, 0.29) is 5.91 Å². The maximum atomic E-state index is 11.0. The maximum absolute atomic E-state index is 11.0. The molecule has 0 saturated carbocycles. The van der Waals surface area contributed by atoms with E-state index in [1.807, 2.05) is 12.2 Å². The third kappa shape index (κ3) is 1.98. The third-order valence-electron chi connectivity index (χ3n) is 2.76. The number of carbonyl (C=O) groups excluding carboxylic acids is 1. The Morgan fingerprint density at radius 3 is 2.62 bits per heavy atom. The lowest BCUT2D eigenvalue weighted by atomic mass is 10.1. The van der Waals surface area contributed by atoms with Crippen molar-refractivity contribution in [1.29, 1.82) is 0 Å². The number of hydrogen-bond acceptors (Lipinski definition) is 1. The molecular weight excluding hydrogens is 164 g/mol. The fourth-order valence-electron chi connectivity index (χ4n) is 1.60. The first-order valence-electron chi connectivity index (χ1n) is 4.67. The highest BCUT2D eigenvalue weighted by Gasteiger charge is 2.26. The molecule has 0 spiro atoms. The van der Waals surface area contributed by atoms with Crippen LogP contribution < -0.4 is 5.73 Å². The average molecular weight is 181 g/mol. The summed E-state index contributed by atoms with van der Waals surface area (Å²) in [4.78, 5) is 11.0. The zero-order valence-corrected chi connectivity index (χ0v) is 8.29. The highest BCUT2D eigenvalue weighted by Crippen LogP contribution is 2.16. The van der Waals surface area contributed by atoms with Crippen LogP contribution in [0.15, 0.2) is 23.9 Å². The summed E-state index contributed by atoms with van der Waals surface area (Å²) in [7, 11) is 0. The second-order valence-electron chi connectivity index (χ2n) is 3.41. The molecule has 1 aliphatic heterocycles. The fraction of sp³-hybridized carbons (Fsp3) is 0.500. The van der Waals surface area contributed by atoms with Crippen molar-refractivity contribution in [1.82, 2.24) is 0 Å². The van der Waals surface area contributed by atoms with E-state index in [1.54, 1.807) is 0 Å². The van der Waals surface area contributed by atoms with Gasteiger partial charge in [0.1, 0.15) is 6.54 Å². The van der Waals surface area contributed by atoms with Gasteiger partial charge in [0.15, 0.2) is 0 Å². The van der Waals surface area contributed by atoms with Gasteiger partial charge in [-0.3, -0.25) is 9.28 Å². The van der Waals surface area contributed by atoms with Gasteiger partial charge in [-0.05, 0) is 26.0 Å². The molecule has 0 aromatic carbocycles. The molecule has 0 unspecified atom stereocenters. The quantitative estimate of drug-likeness (QED) is 0.642. The van der Waals surface area contributed by atoms with Gasteiger partial charge in [0.25, 0.3) is 0 Å². The number of rotatable bonds is 3. The fourth-order valence-corrected chi connectivity index (χ4v) is 1.60.